The number of aromatic nitrogens is 1. The normalized spacial score (nSPS) is 18.2. The summed E-state index contributed by atoms with van der Waals surface area (Å²) in [5.41, 5.74) is 2.06. The number of carboxylic acid groups (broad SMARTS) is 1. The average Bonchev–Trinajstić information content (AvgIpc) is 2.54. The molecule has 1 N–H and O–H groups in total. The molecule has 0 bridgehead atoms. The molecule has 5 nitrogen and oxygen atoms in total. The first-order valence-corrected chi connectivity index (χ1v) is 7.86. The van der Waals surface area contributed by atoms with Crippen LogP contribution in [0.4, 0.5) is 5.69 Å². The van der Waals surface area contributed by atoms with Gasteiger partial charge in [-0.1, -0.05) is 12.1 Å². The standard InChI is InChI=1S/C16H14BrN3O2/c17-13-5-1-4-12-14(13)19-8-11(7-18)15(12)20-6-2-3-10(9-20)16(21)22/h1,4-5,8,10H,2-3,6,9H2,(H,21,22). The second kappa shape index (κ2) is 5.93. The number of piperidine rings is 1. The van der Waals surface area contributed by atoms with Crippen molar-refractivity contribution in [1.82, 2.24) is 4.98 Å². The zero-order valence-electron chi connectivity index (χ0n) is 11.8. The van der Waals surface area contributed by atoms with Gasteiger partial charge in [-0.05, 0) is 34.8 Å². The Labute approximate surface area is 136 Å². The van der Waals surface area contributed by atoms with Crippen molar-refractivity contribution in [3.63, 3.8) is 0 Å². The molecule has 2 aromatic rings. The fourth-order valence-corrected chi connectivity index (χ4v) is 3.45. The highest BCUT2D eigenvalue weighted by atomic mass is 79.9. The fraction of sp³-hybridized carbons (Fsp3) is 0.312. The first kappa shape index (κ1) is 14.8. The van der Waals surface area contributed by atoms with Gasteiger partial charge in [-0.15, -0.1) is 0 Å². The van der Waals surface area contributed by atoms with E-state index in [-0.39, 0.29) is 0 Å². The average molecular weight is 360 g/mol. The van der Waals surface area contributed by atoms with Crippen molar-refractivity contribution in [2.45, 2.75) is 12.8 Å². The van der Waals surface area contributed by atoms with Crippen molar-refractivity contribution >= 4 is 38.5 Å². The summed E-state index contributed by atoms with van der Waals surface area (Å²) in [6, 6.07) is 7.91. The van der Waals surface area contributed by atoms with Crippen LogP contribution < -0.4 is 4.90 Å². The van der Waals surface area contributed by atoms with Crippen LogP contribution in [0.1, 0.15) is 18.4 Å². The Morgan fingerprint density at radius 1 is 1.50 bits per heavy atom. The van der Waals surface area contributed by atoms with Gasteiger partial charge in [-0.25, -0.2) is 0 Å². The van der Waals surface area contributed by atoms with E-state index in [0.29, 0.717) is 18.5 Å². The molecule has 0 aliphatic carbocycles. The predicted octanol–water partition coefficient (Wildman–Crippen LogP) is 3.17. The summed E-state index contributed by atoms with van der Waals surface area (Å²) < 4.78 is 0.863. The number of fused-ring (bicyclic) bond motifs is 1. The number of carboxylic acids is 1. The van der Waals surface area contributed by atoms with Crippen molar-refractivity contribution in [2.24, 2.45) is 5.92 Å². The maximum atomic E-state index is 11.3. The monoisotopic (exact) mass is 359 g/mol. The number of anilines is 1. The molecule has 0 spiro atoms. The number of rotatable bonds is 2. The Hall–Kier alpha value is -2.13. The first-order valence-electron chi connectivity index (χ1n) is 7.07. The van der Waals surface area contributed by atoms with Crippen molar-refractivity contribution in [1.29, 1.82) is 5.26 Å². The van der Waals surface area contributed by atoms with Gasteiger partial charge >= 0.3 is 5.97 Å². The molecule has 3 rings (SSSR count). The molecule has 112 valence electrons. The van der Waals surface area contributed by atoms with Crippen LogP contribution in [0.3, 0.4) is 0 Å². The summed E-state index contributed by atoms with van der Waals surface area (Å²) in [7, 11) is 0. The molecule has 1 unspecified atom stereocenters. The minimum absolute atomic E-state index is 0.393. The number of hydrogen-bond donors (Lipinski definition) is 1. The minimum Gasteiger partial charge on any atom is -0.481 e. The second-order valence-corrected chi connectivity index (χ2v) is 6.25. The Balaban J connectivity index is 2.14. The topological polar surface area (TPSA) is 77.2 Å². The molecule has 2 heterocycles. The fourth-order valence-electron chi connectivity index (χ4n) is 2.98. The summed E-state index contributed by atoms with van der Waals surface area (Å²) in [5, 5.41) is 19.6. The van der Waals surface area contributed by atoms with Crippen molar-refractivity contribution < 1.29 is 9.90 Å². The first-order chi connectivity index (χ1) is 10.6. The van der Waals surface area contributed by atoms with Crippen LogP contribution in [0.25, 0.3) is 10.9 Å². The number of pyridine rings is 1. The Bertz CT molecular complexity index is 785. The molecule has 6 heteroatoms. The SMILES string of the molecule is N#Cc1cnc2c(Br)cccc2c1N1CCCC(C(=O)O)C1. The molecule has 0 radical (unpaired) electrons. The van der Waals surface area contributed by atoms with E-state index in [1.807, 2.05) is 23.1 Å². The van der Waals surface area contributed by atoms with E-state index < -0.39 is 11.9 Å². The number of halogens is 1. The third-order valence-electron chi connectivity index (χ3n) is 4.03. The predicted molar refractivity (Wildman–Crippen MR) is 86.7 cm³/mol. The van der Waals surface area contributed by atoms with Crippen molar-refractivity contribution in [3.8, 4) is 6.07 Å². The molecule has 0 saturated carbocycles. The zero-order chi connectivity index (χ0) is 15.7. The molecule has 1 aromatic heterocycles. The van der Waals surface area contributed by atoms with Crippen molar-refractivity contribution in [3.05, 3.63) is 34.4 Å². The van der Waals surface area contributed by atoms with Gasteiger partial charge in [-0.2, -0.15) is 5.26 Å². The molecular formula is C16H14BrN3O2. The lowest BCUT2D eigenvalue weighted by Crippen LogP contribution is -2.39. The van der Waals surface area contributed by atoms with Gasteiger partial charge in [0, 0.05) is 29.1 Å². The molecule has 1 atom stereocenters. The number of carbonyl (C=O) groups is 1. The van der Waals surface area contributed by atoms with Gasteiger partial charge in [0.05, 0.1) is 22.7 Å². The summed E-state index contributed by atoms with van der Waals surface area (Å²) in [6.45, 7) is 1.18. The number of nitriles is 1. The molecule has 1 aliphatic heterocycles. The zero-order valence-corrected chi connectivity index (χ0v) is 13.4. The number of benzene rings is 1. The molecule has 1 aliphatic rings. The van der Waals surface area contributed by atoms with Gasteiger partial charge in [-0.3, -0.25) is 9.78 Å². The van der Waals surface area contributed by atoms with Gasteiger partial charge in [0.25, 0.3) is 0 Å². The maximum Gasteiger partial charge on any atom is 0.308 e. The van der Waals surface area contributed by atoms with Crippen LogP contribution in [0, 0.1) is 17.2 Å². The molecular weight excluding hydrogens is 346 g/mol. The summed E-state index contributed by atoms with van der Waals surface area (Å²) >= 11 is 3.48. The summed E-state index contributed by atoms with van der Waals surface area (Å²) in [4.78, 5) is 17.7. The molecule has 22 heavy (non-hydrogen) atoms. The van der Waals surface area contributed by atoms with E-state index in [0.717, 1.165) is 34.0 Å². The second-order valence-electron chi connectivity index (χ2n) is 5.39. The number of hydrogen-bond acceptors (Lipinski definition) is 4. The third kappa shape index (κ3) is 2.53. The molecule has 1 saturated heterocycles. The Kier molecular flexibility index (Phi) is 3.99. The highest BCUT2D eigenvalue weighted by Crippen LogP contribution is 2.35. The van der Waals surface area contributed by atoms with E-state index in [9.17, 15) is 15.2 Å². The van der Waals surface area contributed by atoms with Crippen LogP contribution in [-0.2, 0) is 4.79 Å². The lowest BCUT2D eigenvalue weighted by molar-refractivity contribution is -0.141. The van der Waals surface area contributed by atoms with Gasteiger partial charge < -0.3 is 10.0 Å². The van der Waals surface area contributed by atoms with Crippen LogP contribution in [0.2, 0.25) is 0 Å². The summed E-state index contributed by atoms with van der Waals surface area (Å²) in [6.07, 6.45) is 3.05. The molecule has 0 amide bonds. The molecule has 1 aromatic carbocycles. The quantitative estimate of drug-likeness (QED) is 0.890. The van der Waals surface area contributed by atoms with Crippen LogP contribution in [-0.4, -0.2) is 29.1 Å². The van der Waals surface area contributed by atoms with Gasteiger partial charge in [0.1, 0.15) is 6.07 Å². The molecule has 1 fully saturated rings. The largest absolute Gasteiger partial charge is 0.481 e. The number of aliphatic carboxylic acids is 1. The number of nitrogens with zero attached hydrogens (tertiary/aromatic N) is 3. The van der Waals surface area contributed by atoms with E-state index in [2.05, 4.69) is 27.0 Å². The smallest absolute Gasteiger partial charge is 0.308 e. The lowest BCUT2D eigenvalue weighted by Gasteiger charge is -2.33. The third-order valence-corrected chi connectivity index (χ3v) is 4.67. The maximum absolute atomic E-state index is 11.3. The minimum atomic E-state index is -0.775. The van der Waals surface area contributed by atoms with Crippen LogP contribution >= 0.6 is 15.9 Å². The highest BCUT2D eigenvalue weighted by molar-refractivity contribution is 9.10. The highest BCUT2D eigenvalue weighted by Gasteiger charge is 2.28. The van der Waals surface area contributed by atoms with E-state index >= 15 is 0 Å². The van der Waals surface area contributed by atoms with Crippen molar-refractivity contribution in [2.75, 3.05) is 18.0 Å². The van der Waals surface area contributed by atoms with E-state index in [1.54, 1.807) is 6.20 Å². The summed E-state index contributed by atoms with van der Waals surface area (Å²) in [5.74, 6) is -1.17. The van der Waals surface area contributed by atoms with E-state index in [1.165, 1.54) is 0 Å². The van der Waals surface area contributed by atoms with Crippen LogP contribution in [0.15, 0.2) is 28.9 Å². The van der Waals surface area contributed by atoms with Crippen LogP contribution in [0.5, 0.6) is 0 Å². The number of para-hydroxylation sites is 1. The van der Waals surface area contributed by atoms with Gasteiger partial charge in [0.2, 0.25) is 0 Å². The Morgan fingerprint density at radius 3 is 3.05 bits per heavy atom. The van der Waals surface area contributed by atoms with Gasteiger partial charge in [0.15, 0.2) is 0 Å². The van der Waals surface area contributed by atoms with E-state index in [4.69, 9.17) is 0 Å². The Morgan fingerprint density at radius 2 is 2.32 bits per heavy atom. The lowest BCUT2D eigenvalue weighted by atomic mass is 9.96.